The van der Waals surface area contributed by atoms with E-state index >= 15 is 0 Å². The first-order valence-corrected chi connectivity index (χ1v) is 6.43. The van der Waals surface area contributed by atoms with E-state index in [4.69, 9.17) is 4.74 Å². The minimum absolute atomic E-state index is 0.0910. The Bertz CT molecular complexity index is 651. The van der Waals surface area contributed by atoms with Crippen LogP contribution in [0, 0.1) is 0 Å². The average Bonchev–Trinajstić information content (AvgIpc) is 2.47. The standard InChI is InChI=1S/C14H17N3O3/c1-20-8-4-7-15-14(19)10-17-12-6-3-2-5-11(12)13(18)9-16-17/h2-3,5-6,9H,4,7-8,10H2,1H3,(H,15,19). The van der Waals surface area contributed by atoms with E-state index in [-0.39, 0.29) is 17.9 Å². The van der Waals surface area contributed by atoms with Crippen molar-refractivity contribution in [3.05, 3.63) is 40.7 Å². The molecule has 0 saturated heterocycles. The largest absolute Gasteiger partial charge is 0.385 e. The van der Waals surface area contributed by atoms with Crippen molar-refractivity contribution in [2.45, 2.75) is 13.0 Å². The first-order valence-electron chi connectivity index (χ1n) is 6.43. The van der Waals surface area contributed by atoms with Crippen LogP contribution in [0.25, 0.3) is 10.9 Å². The highest BCUT2D eigenvalue weighted by molar-refractivity contribution is 5.81. The minimum Gasteiger partial charge on any atom is -0.385 e. The van der Waals surface area contributed by atoms with E-state index < -0.39 is 0 Å². The molecule has 1 N–H and O–H groups in total. The van der Waals surface area contributed by atoms with Gasteiger partial charge in [-0.05, 0) is 18.6 Å². The second kappa shape index (κ2) is 6.81. The van der Waals surface area contributed by atoms with E-state index in [1.54, 1.807) is 25.3 Å². The molecule has 1 heterocycles. The van der Waals surface area contributed by atoms with Gasteiger partial charge in [0.25, 0.3) is 0 Å². The zero-order valence-electron chi connectivity index (χ0n) is 11.3. The zero-order valence-corrected chi connectivity index (χ0v) is 11.3. The zero-order chi connectivity index (χ0) is 14.4. The predicted octanol–water partition coefficient (Wildman–Crippen LogP) is 0.549. The molecule has 6 heteroatoms. The minimum atomic E-state index is -0.141. The quantitative estimate of drug-likeness (QED) is 0.781. The maximum absolute atomic E-state index is 11.8. The van der Waals surface area contributed by atoms with Gasteiger partial charge in [0.05, 0.1) is 11.7 Å². The summed E-state index contributed by atoms with van der Waals surface area (Å²) in [6, 6.07) is 7.11. The summed E-state index contributed by atoms with van der Waals surface area (Å²) in [5.74, 6) is -0.137. The van der Waals surface area contributed by atoms with Crippen molar-refractivity contribution in [3.63, 3.8) is 0 Å². The SMILES string of the molecule is COCCCNC(=O)Cn1ncc(=O)c2ccccc21. The number of para-hydroxylation sites is 1. The number of benzene rings is 1. The van der Waals surface area contributed by atoms with Crippen LogP contribution in [-0.2, 0) is 16.1 Å². The van der Waals surface area contributed by atoms with Gasteiger partial charge < -0.3 is 10.1 Å². The van der Waals surface area contributed by atoms with Crippen molar-refractivity contribution in [3.8, 4) is 0 Å². The Kier molecular flexibility index (Phi) is 4.84. The summed E-state index contributed by atoms with van der Waals surface area (Å²) >= 11 is 0. The van der Waals surface area contributed by atoms with Crippen molar-refractivity contribution < 1.29 is 9.53 Å². The summed E-state index contributed by atoms with van der Waals surface area (Å²) in [6.07, 6.45) is 2.00. The van der Waals surface area contributed by atoms with Crippen LogP contribution in [0.15, 0.2) is 35.3 Å². The Morgan fingerprint density at radius 2 is 2.20 bits per heavy atom. The van der Waals surface area contributed by atoms with Gasteiger partial charge in [-0.1, -0.05) is 12.1 Å². The fraction of sp³-hybridized carbons (Fsp3) is 0.357. The molecule has 0 radical (unpaired) electrons. The molecular weight excluding hydrogens is 258 g/mol. The molecule has 0 aliphatic carbocycles. The van der Waals surface area contributed by atoms with E-state index in [1.807, 2.05) is 6.07 Å². The van der Waals surface area contributed by atoms with Gasteiger partial charge in [-0.2, -0.15) is 5.10 Å². The van der Waals surface area contributed by atoms with Crippen LogP contribution < -0.4 is 10.7 Å². The van der Waals surface area contributed by atoms with Crippen molar-refractivity contribution in [2.75, 3.05) is 20.3 Å². The molecule has 0 fully saturated rings. The molecule has 1 amide bonds. The van der Waals surface area contributed by atoms with Crippen LogP contribution in [-0.4, -0.2) is 35.9 Å². The predicted molar refractivity (Wildman–Crippen MR) is 75.5 cm³/mol. The van der Waals surface area contributed by atoms with Gasteiger partial charge in [-0.25, -0.2) is 0 Å². The number of ether oxygens (including phenoxy) is 1. The van der Waals surface area contributed by atoms with E-state index in [2.05, 4.69) is 10.4 Å². The number of hydrogen-bond acceptors (Lipinski definition) is 4. The van der Waals surface area contributed by atoms with Crippen LogP contribution >= 0.6 is 0 Å². The second-order valence-corrected chi connectivity index (χ2v) is 4.38. The van der Waals surface area contributed by atoms with E-state index in [1.165, 1.54) is 10.9 Å². The first-order chi connectivity index (χ1) is 9.72. The highest BCUT2D eigenvalue weighted by Gasteiger charge is 2.07. The average molecular weight is 275 g/mol. The number of amides is 1. The number of fused-ring (bicyclic) bond motifs is 1. The lowest BCUT2D eigenvalue weighted by Crippen LogP contribution is -2.30. The molecule has 6 nitrogen and oxygen atoms in total. The smallest absolute Gasteiger partial charge is 0.241 e. The molecule has 106 valence electrons. The topological polar surface area (TPSA) is 73.2 Å². The lowest BCUT2D eigenvalue weighted by atomic mass is 10.2. The number of rotatable bonds is 6. The van der Waals surface area contributed by atoms with Crippen LogP contribution in [0.5, 0.6) is 0 Å². The van der Waals surface area contributed by atoms with E-state index in [0.29, 0.717) is 24.1 Å². The van der Waals surface area contributed by atoms with Crippen LogP contribution in [0.3, 0.4) is 0 Å². The molecule has 20 heavy (non-hydrogen) atoms. The Hall–Kier alpha value is -2.21. The Morgan fingerprint density at radius 1 is 1.40 bits per heavy atom. The lowest BCUT2D eigenvalue weighted by molar-refractivity contribution is -0.121. The number of nitrogens with zero attached hydrogens (tertiary/aromatic N) is 2. The Morgan fingerprint density at radius 3 is 3.00 bits per heavy atom. The third kappa shape index (κ3) is 3.42. The molecule has 0 aliphatic rings. The fourth-order valence-corrected chi connectivity index (χ4v) is 1.92. The molecule has 0 aliphatic heterocycles. The Labute approximate surface area is 116 Å². The summed E-state index contributed by atoms with van der Waals surface area (Å²) in [4.78, 5) is 23.5. The molecule has 0 bridgehead atoms. The van der Waals surface area contributed by atoms with Gasteiger partial charge >= 0.3 is 0 Å². The van der Waals surface area contributed by atoms with Crippen molar-refractivity contribution in [1.82, 2.24) is 15.1 Å². The van der Waals surface area contributed by atoms with Gasteiger partial charge in [-0.15, -0.1) is 0 Å². The lowest BCUT2D eigenvalue weighted by Gasteiger charge is -2.09. The summed E-state index contributed by atoms with van der Waals surface area (Å²) in [7, 11) is 1.62. The highest BCUT2D eigenvalue weighted by atomic mass is 16.5. The first kappa shape index (κ1) is 14.2. The number of methoxy groups -OCH3 is 1. The van der Waals surface area contributed by atoms with Gasteiger partial charge in [-0.3, -0.25) is 14.3 Å². The maximum Gasteiger partial charge on any atom is 0.241 e. The Balaban J connectivity index is 2.08. The van der Waals surface area contributed by atoms with Gasteiger partial charge in [0.15, 0.2) is 0 Å². The molecular formula is C14H17N3O3. The fourth-order valence-electron chi connectivity index (χ4n) is 1.92. The second-order valence-electron chi connectivity index (χ2n) is 4.38. The summed E-state index contributed by atoms with van der Waals surface area (Å²) in [5, 5.41) is 7.36. The summed E-state index contributed by atoms with van der Waals surface area (Å²) < 4.78 is 6.44. The van der Waals surface area contributed by atoms with E-state index in [0.717, 1.165) is 6.42 Å². The molecule has 0 atom stereocenters. The van der Waals surface area contributed by atoms with Gasteiger partial charge in [0.2, 0.25) is 11.3 Å². The molecule has 1 aromatic carbocycles. The molecule has 0 spiro atoms. The normalized spacial score (nSPS) is 10.7. The molecule has 2 aromatic rings. The molecule has 1 aromatic heterocycles. The van der Waals surface area contributed by atoms with Crippen LogP contribution in [0.1, 0.15) is 6.42 Å². The van der Waals surface area contributed by atoms with Crippen molar-refractivity contribution in [1.29, 1.82) is 0 Å². The van der Waals surface area contributed by atoms with Crippen molar-refractivity contribution >= 4 is 16.8 Å². The molecule has 0 unspecified atom stereocenters. The third-order valence-electron chi connectivity index (χ3n) is 2.90. The number of nitrogens with one attached hydrogen (secondary N) is 1. The highest BCUT2D eigenvalue weighted by Crippen LogP contribution is 2.07. The summed E-state index contributed by atoms with van der Waals surface area (Å²) in [5.41, 5.74) is 0.518. The number of carbonyl (C=O) groups excluding carboxylic acids is 1. The molecule has 2 rings (SSSR count). The van der Waals surface area contributed by atoms with Gasteiger partial charge in [0.1, 0.15) is 6.54 Å². The van der Waals surface area contributed by atoms with Crippen LogP contribution in [0.2, 0.25) is 0 Å². The van der Waals surface area contributed by atoms with Gasteiger partial charge in [0, 0.05) is 25.6 Å². The molecule has 0 saturated carbocycles. The maximum atomic E-state index is 11.8. The van der Waals surface area contributed by atoms with E-state index in [9.17, 15) is 9.59 Å². The van der Waals surface area contributed by atoms with Crippen molar-refractivity contribution in [2.24, 2.45) is 0 Å². The number of carbonyl (C=O) groups is 1. The number of aromatic nitrogens is 2. The van der Waals surface area contributed by atoms with Crippen LogP contribution in [0.4, 0.5) is 0 Å². The number of hydrogen-bond donors (Lipinski definition) is 1. The third-order valence-corrected chi connectivity index (χ3v) is 2.90. The summed E-state index contributed by atoms with van der Waals surface area (Å²) in [6.45, 7) is 1.26. The monoisotopic (exact) mass is 275 g/mol.